The van der Waals surface area contributed by atoms with Gasteiger partial charge in [-0.1, -0.05) is 0 Å². The van der Waals surface area contributed by atoms with Crippen LogP contribution in [-0.4, -0.2) is 9.55 Å². The number of rotatable bonds is 1. The quantitative estimate of drug-likeness (QED) is 0.776. The molecular formula is C10H6F2N2OS. The van der Waals surface area contributed by atoms with Gasteiger partial charge in [0.05, 0.1) is 5.69 Å². The third kappa shape index (κ3) is 2.06. The number of nitrogens with zero attached hydrogens (tertiary/aromatic N) is 1. The molecule has 0 saturated carbocycles. The minimum Gasteiger partial charge on any atom is -0.299 e. The summed E-state index contributed by atoms with van der Waals surface area (Å²) < 4.78 is 27.3. The third-order valence-electron chi connectivity index (χ3n) is 1.95. The highest BCUT2D eigenvalue weighted by Gasteiger charge is 2.02. The SMILES string of the molecule is O=c1ccn(-c2cc(F)cc(F)c2)c(=S)[nH]1. The Morgan fingerprint density at radius 3 is 2.38 bits per heavy atom. The number of hydrogen-bond acceptors (Lipinski definition) is 2. The molecule has 1 heterocycles. The number of H-pyrrole nitrogens is 1. The summed E-state index contributed by atoms with van der Waals surface area (Å²) in [6, 6.07) is 4.23. The molecule has 2 rings (SSSR count). The lowest BCUT2D eigenvalue weighted by atomic mass is 10.3. The predicted molar refractivity (Wildman–Crippen MR) is 57.1 cm³/mol. The van der Waals surface area contributed by atoms with Gasteiger partial charge in [-0.25, -0.2) is 8.78 Å². The van der Waals surface area contributed by atoms with Crippen molar-refractivity contribution >= 4 is 12.2 Å². The van der Waals surface area contributed by atoms with Gasteiger partial charge in [0.25, 0.3) is 5.56 Å². The van der Waals surface area contributed by atoms with Crippen LogP contribution in [0.3, 0.4) is 0 Å². The molecule has 82 valence electrons. The zero-order chi connectivity index (χ0) is 11.7. The highest BCUT2D eigenvalue weighted by Crippen LogP contribution is 2.12. The fraction of sp³-hybridized carbons (Fsp3) is 0. The Hall–Kier alpha value is -1.82. The van der Waals surface area contributed by atoms with Crippen molar-refractivity contribution in [3.63, 3.8) is 0 Å². The average Bonchev–Trinajstić information content (AvgIpc) is 2.15. The van der Waals surface area contributed by atoms with Crippen molar-refractivity contribution in [2.24, 2.45) is 0 Å². The van der Waals surface area contributed by atoms with Gasteiger partial charge in [0.15, 0.2) is 4.77 Å². The van der Waals surface area contributed by atoms with Gasteiger partial charge in [0.2, 0.25) is 0 Å². The van der Waals surface area contributed by atoms with Crippen LogP contribution in [0.1, 0.15) is 0 Å². The molecule has 1 aromatic carbocycles. The Morgan fingerprint density at radius 2 is 1.81 bits per heavy atom. The fourth-order valence-electron chi connectivity index (χ4n) is 1.30. The molecule has 2 aromatic rings. The van der Waals surface area contributed by atoms with Crippen molar-refractivity contribution in [2.45, 2.75) is 0 Å². The number of nitrogens with one attached hydrogen (secondary N) is 1. The Bertz CT molecular complexity index is 628. The van der Waals surface area contributed by atoms with Gasteiger partial charge in [-0.05, 0) is 24.4 Å². The second-order valence-electron chi connectivity index (χ2n) is 3.11. The summed E-state index contributed by atoms with van der Waals surface area (Å²) >= 11 is 4.87. The largest absolute Gasteiger partial charge is 0.299 e. The molecule has 16 heavy (non-hydrogen) atoms. The van der Waals surface area contributed by atoms with Crippen molar-refractivity contribution in [1.29, 1.82) is 0 Å². The van der Waals surface area contributed by atoms with Crippen LogP contribution in [0.15, 0.2) is 35.3 Å². The number of halogens is 2. The zero-order valence-corrected chi connectivity index (χ0v) is 8.72. The average molecular weight is 240 g/mol. The van der Waals surface area contributed by atoms with E-state index < -0.39 is 11.6 Å². The van der Waals surface area contributed by atoms with Crippen molar-refractivity contribution in [3.05, 3.63) is 57.2 Å². The van der Waals surface area contributed by atoms with E-state index in [1.165, 1.54) is 16.8 Å². The first-order chi connectivity index (χ1) is 7.56. The maximum Gasteiger partial charge on any atom is 0.251 e. The van der Waals surface area contributed by atoms with Crippen LogP contribution in [0.2, 0.25) is 0 Å². The summed E-state index contributed by atoms with van der Waals surface area (Å²) in [5, 5.41) is 0. The van der Waals surface area contributed by atoms with Gasteiger partial charge < -0.3 is 0 Å². The van der Waals surface area contributed by atoms with Crippen LogP contribution in [0.25, 0.3) is 5.69 Å². The van der Waals surface area contributed by atoms with Gasteiger partial charge in [-0.15, -0.1) is 0 Å². The Balaban J connectivity index is 2.67. The summed E-state index contributed by atoms with van der Waals surface area (Å²) in [5.41, 5.74) is -0.142. The molecule has 0 atom stereocenters. The highest BCUT2D eigenvalue weighted by atomic mass is 32.1. The van der Waals surface area contributed by atoms with Gasteiger partial charge in [-0.3, -0.25) is 14.3 Å². The normalized spacial score (nSPS) is 10.4. The Morgan fingerprint density at radius 1 is 1.19 bits per heavy atom. The predicted octanol–water partition coefficient (Wildman–Crippen LogP) is 2.17. The first-order valence-corrected chi connectivity index (χ1v) is 4.75. The molecule has 0 saturated heterocycles. The molecule has 1 N–H and O–H groups in total. The van der Waals surface area contributed by atoms with Gasteiger partial charge >= 0.3 is 0 Å². The molecule has 0 fully saturated rings. The zero-order valence-electron chi connectivity index (χ0n) is 7.91. The molecule has 3 nitrogen and oxygen atoms in total. The molecule has 0 unspecified atom stereocenters. The summed E-state index contributed by atoms with van der Waals surface area (Å²) in [6.45, 7) is 0. The van der Waals surface area contributed by atoms with E-state index in [4.69, 9.17) is 12.2 Å². The lowest BCUT2D eigenvalue weighted by Crippen LogP contribution is -2.10. The van der Waals surface area contributed by atoms with E-state index in [9.17, 15) is 13.6 Å². The van der Waals surface area contributed by atoms with Gasteiger partial charge in [-0.2, -0.15) is 0 Å². The molecule has 0 aliphatic heterocycles. The summed E-state index contributed by atoms with van der Waals surface area (Å²) in [6.07, 6.45) is 1.36. The van der Waals surface area contributed by atoms with Gasteiger partial charge in [0.1, 0.15) is 11.6 Å². The van der Waals surface area contributed by atoms with E-state index in [0.29, 0.717) is 0 Å². The van der Waals surface area contributed by atoms with Crippen molar-refractivity contribution < 1.29 is 8.78 Å². The van der Waals surface area contributed by atoms with Crippen LogP contribution < -0.4 is 5.56 Å². The molecule has 0 bridgehead atoms. The van der Waals surface area contributed by atoms with E-state index in [1.54, 1.807) is 0 Å². The lowest BCUT2D eigenvalue weighted by Gasteiger charge is -2.06. The van der Waals surface area contributed by atoms with Crippen LogP contribution in [0, 0.1) is 16.4 Å². The fourth-order valence-corrected chi connectivity index (χ4v) is 1.57. The number of benzene rings is 1. The molecule has 0 amide bonds. The second-order valence-corrected chi connectivity index (χ2v) is 3.49. The third-order valence-corrected chi connectivity index (χ3v) is 2.25. The van der Waals surface area contributed by atoms with E-state index >= 15 is 0 Å². The van der Waals surface area contributed by atoms with Crippen molar-refractivity contribution in [1.82, 2.24) is 9.55 Å². The highest BCUT2D eigenvalue weighted by molar-refractivity contribution is 7.71. The number of aromatic nitrogens is 2. The minimum atomic E-state index is -0.705. The van der Waals surface area contributed by atoms with Crippen LogP contribution >= 0.6 is 12.2 Å². The Kier molecular flexibility index (Phi) is 2.66. The minimum absolute atomic E-state index is 0.0810. The number of hydrogen-bond donors (Lipinski definition) is 1. The monoisotopic (exact) mass is 240 g/mol. The first-order valence-electron chi connectivity index (χ1n) is 4.35. The summed E-state index contributed by atoms with van der Waals surface area (Å²) in [5.74, 6) is -1.41. The molecule has 0 spiro atoms. The maximum atomic E-state index is 13.0. The molecule has 0 aliphatic carbocycles. The molecule has 0 radical (unpaired) electrons. The lowest BCUT2D eigenvalue weighted by molar-refractivity contribution is 0.581. The molecule has 0 aliphatic rings. The molecule has 1 aromatic heterocycles. The van der Waals surface area contributed by atoms with E-state index in [2.05, 4.69) is 4.98 Å². The van der Waals surface area contributed by atoms with Crippen molar-refractivity contribution in [2.75, 3.05) is 0 Å². The standard InChI is InChI=1S/C10H6F2N2OS/c11-6-3-7(12)5-8(4-6)14-2-1-9(15)13-10(14)16/h1-5H,(H,13,15,16). The number of aromatic amines is 1. The molecular weight excluding hydrogens is 234 g/mol. The Labute approximate surface area is 94.0 Å². The van der Waals surface area contributed by atoms with Crippen LogP contribution in [0.5, 0.6) is 0 Å². The summed E-state index contributed by atoms with van der Waals surface area (Å²) in [4.78, 5) is 13.3. The van der Waals surface area contributed by atoms with Crippen molar-refractivity contribution in [3.8, 4) is 5.69 Å². The smallest absolute Gasteiger partial charge is 0.251 e. The van der Waals surface area contributed by atoms with Crippen LogP contribution in [0.4, 0.5) is 8.78 Å². The van der Waals surface area contributed by atoms with E-state index in [-0.39, 0.29) is 16.0 Å². The van der Waals surface area contributed by atoms with E-state index in [0.717, 1.165) is 18.2 Å². The molecule has 6 heteroatoms. The summed E-state index contributed by atoms with van der Waals surface area (Å²) in [7, 11) is 0. The van der Waals surface area contributed by atoms with E-state index in [1.807, 2.05) is 0 Å². The van der Waals surface area contributed by atoms with Gasteiger partial charge in [0, 0.05) is 18.3 Å². The van der Waals surface area contributed by atoms with Crippen LogP contribution in [-0.2, 0) is 0 Å². The maximum absolute atomic E-state index is 13.0. The first kappa shape index (κ1) is 10.7. The second kappa shape index (κ2) is 3.97. The topological polar surface area (TPSA) is 37.8 Å².